The number of amides is 2. The molecule has 0 aromatic rings. The van der Waals surface area contributed by atoms with Crippen molar-refractivity contribution in [2.75, 3.05) is 12.4 Å². The Morgan fingerprint density at radius 2 is 2.46 bits per heavy atom. The standard InChI is InChI=1S/C8H13ClN2O2/c9-3-1-2-7(12)11-6-4-8(13)10-5-6/h6H,1-5H2,(H,10,13)(H,11,12). The lowest BCUT2D eigenvalue weighted by atomic mass is 10.2. The second-order valence-corrected chi connectivity index (χ2v) is 3.44. The average Bonchev–Trinajstić information content (AvgIpc) is 2.48. The summed E-state index contributed by atoms with van der Waals surface area (Å²) >= 11 is 5.44. The van der Waals surface area contributed by atoms with Crippen molar-refractivity contribution < 1.29 is 9.59 Å². The predicted molar refractivity (Wildman–Crippen MR) is 49.5 cm³/mol. The summed E-state index contributed by atoms with van der Waals surface area (Å²) in [4.78, 5) is 21.9. The van der Waals surface area contributed by atoms with E-state index in [1.807, 2.05) is 0 Å². The van der Waals surface area contributed by atoms with Crippen LogP contribution in [0, 0.1) is 0 Å². The molecule has 0 aromatic heterocycles. The minimum atomic E-state index is -0.0321. The summed E-state index contributed by atoms with van der Waals surface area (Å²) in [5.74, 6) is 0.472. The van der Waals surface area contributed by atoms with E-state index >= 15 is 0 Å². The second-order valence-electron chi connectivity index (χ2n) is 3.07. The van der Waals surface area contributed by atoms with Gasteiger partial charge in [0.25, 0.3) is 0 Å². The second kappa shape index (κ2) is 5.07. The molecule has 0 aliphatic carbocycles. The number of hydrogen-bond acceptors (Lipinski definition) is 2. The molecule has 1 unspecified atom stereocenters. The van der Waals surface area contributed by atoms with Gasteiger partial charge in [-0.1, -0.05) is 0 Å². The van der Waals surface area contributed by atoms with Gasteiger partial charge in [-0.25, -0.2) is 0 Å². The Balaban J connectivity index is 2.17. The van der Waals surface area contributed by atoms with Gasteiger partial charge in [-0.15, -0.1) is 11.6 Å². The maximum absolute atomic E-state index is 11.2. The van der Waals surface area contributed by atoms with Crippen molar-refractivity contribution in [2.45, 2.75) is 25.3 Å². The van der Waals surface area contributed by atoms with Crippen molar-refractivity contribution in [3.63, 3.8) is 0 Å². The summed E-state index contributed by atoms with van der Waals surface area (Å²) in [6, 6.07) is -0.0321. The van der Waals surface area contributed by atoms with Crippen LogP contribution in [0.25, 0.3) is 0 Å². The molecule has 1 heterocycles. The number of alkyl halides is 1. The van der Waals surface area contributed by atoms with E-state index in [0.29, 0.717) is 31.7 Å². The molecule has 2 N–H and O–H groups in total. The molecule has 4 nitrogen and oxygen atoms in total. The number of nitrogens with one attached hydrogen (secondary N) is 2. The first kappa shape index (κ1) is 10.3. The fourth-order valence-electron chi connectivity index (χ4n) is 1.23. The number of carbonyl (C=O) groups is 2. The van der Waals surface area contributed by atoms with Gasteiger partial charge in [-0.3, -0.25) is 9.59 Å². The van der Waals surface area contributed by atoms with E-state index < -0.39 is 0 Å². The zero-order chi connectivity index (χ0) is 9.68. The number of carbonyl (C=O) groups excluding carboxylic acids is 2. The molecule has 0 bridgehead atoms. The van der Waals surface area contributed by atoms with Gasteiger partial charge in [0.05, 0.1) is 6.04 Å². The van der Waals surface area contributed by atoms with Gasteiger partial charge in [0.1, 0.15) is 0 Å². The smallest absolute Gasteiger partial charge is 0.222 e. The molecule has 0 saturated carbocycles. The first-order chi connectivity index (χ1) is 6.22. The first-order valence-electron chi connectivity index (χ1n) is 4.34. The Labute approximate surface area is 82.0 Å². The zero-order valence-electron chi connectivity index (χ0n) is 7.31. The van der Waals surface area contributed by atoms with Crippen LogP contribution in [0.3, 0.4) is 0 Å². The summed E-state index contributed by atoms with van der Waals surface area (Å²) in [5, 5.41) is 5.41. The van der Waals surface area contributed by atoms with Crippen LogP contribution in [0.15, 0.2) is 0 Å². The van der Waals surface area contributed by atoms with Crippen LogP contribution in [0.2, 0.25) is 0 Å². The van der Waals surface area contributed by atoms with Gasteiger partial charge in [0, 0.05) is 25.3 Å². The van der Waals surface area contributed by atoms with E-state index in [0.717, 1.165) is 0 Å². The summed E-state index contributed by atoms with van der Waals surface area (Å²) in [6.07, 6.45) is 1.52. The Bertz CT molecular complexity index is 208. The SMILES string of the molecule is O=C1CC(NC(=O)CCCCl)CN1. The minimum absolute atomic E-state index is 0.00245. The molecule has 1 aliphatic rings. The number of halogens is 1. The topological polar surface area (TPSA) is 58.2 Å². The zero-order valence-corrected chi connectivity index (χ0v) is 8.06. The first-order valence-corrected chi connectivity index (χ1v) is 4.88. The highest BCUT2D eigenvalue weighted by atomic mass is 35.5. The van der Waals surface area contributed by atoms with E-state index in [2.05, 4.69) is 10.6 Å². The lowest BCUT2D eigenvalue weighted by molar-refractivity contribution is -0.121. The summed E-state index contributed by atoms with van der Waals surface area (Å²) in [6.45, 7) is 0.547. The van der Waals surface area contributed by atoms with Crippen molar-refractivity contribution in [3.05, 3.63) is 0 Å². The van der Waals surface area contributed by atoms with Crippen LogP contribution >= 0.6 is 11.6 Å². The molecule has 1 rings (SSSR count). The molecule has 0 aromatic carbocycles. The van der Waals surface area contributed by atoms with Gasteiger partial charge in [0.15, 0.2) is 0 Å². The average molecular weight is 205 g/mol. The third-order valence-corrected chi connectivity index (χ3v) is 2.15. The lowest BCUT2D eigenvalue weighted by Gasteiger charge is -2.09. The van der Waals surface area contributed by atoms with Crippen LogP contribution in [0.4, 0.5) is 0 Å². The van der Waals surface area contributed by atoms with Crippen LogP contribution in [-0.4, -0.2) is 30.3 Å². The largest absolute Gasteiger partial charge is 0.354 e. The van der Waals surface area contributed by atoms with Crippen molar-refractivity contribution in [1.29, 1.82) is 0 Å². The maximum Gasteiger partial charge on any atom is 0.222 e. The molecule has 13 heavy (non-hydrogen) atoms. The Morgan fingerprint density at radius 1 is 1.69 bits per heavy atom. The van der Waals surface area contributed by atoms with E-state index in [-0.39, 0.29) is 17.9 Å². The van der Waals surface area contributed by atoms with E-state index in [1.165, 1.54) is 0 Å². The quantitative estimate of drug-likeness (QED) is 0.634. The van der Waals surface area contributed by atoms with Crippen molar-refractivity contribution >= 4 is 23.4 Å². The highest BCUT2D eigenvalue weighted by Crippen LogP contribution is 2.00. The van der Waals surface area contributed by atoms with Gasteiger partial charge in [0.2, 0.25) is 11.8 Å². The molecule has 1 fully saturated rings. The van der Waals surface area contributed by atoms with Crippen LogP contribution in [0.5, 0.6) is 0 Å². The van der Waals surface area contributed by atoms with Gasteiger partial charge < -0.3 is 10.6 Å². The molecule has 0 radical (unpaired) electrons. The molecule has 0 spiro atoms. The Kier molecular flexibility index (Phi) is 4.02. The molecule has 5 heteroatoms. The highest BCUT2D eigenvalue weighted by molar-refractivity contribution is 6.17. The molecule has 74 valence electrons. The van der Waals surface area contributed by atoms with Gasteiger partial charge in [-0.05, 0) is 6.42 Å². The summed E-state index contributed by atoms with van der Waals surface area (Å²) in [7, 11) is 0. The third-order valence-electron chi connectivity index (χ3n) is 1.88. The Hall–Kier alpha value is -0.770. The molecular weight excluding hydrogens is 192 g/mol. The maximum atomic E-state index is 11.2. The van der Waals surface area contributed by atoms with Crippen molar-refractivity contribution in [2.24, 2.45) is 0 Å². The predicted octanol–water partition coefficient (Wildman–Crippen LogP) is 0.0101. The normalized spacial score (nSPS) is 21.3. The van der Waals surface area contributed by atoms with Gasteiger partial charge >= 0.3 is 0 Å². The van der Waals surface area contributed by atoms with Crippen molar-refractivity contribution in [1.82, 2.24) is 10.6 Å². The monoisotopic (exact) mass is 204 g/mol. The van der Waals surface area contributed by atoms with Crippen molar-refractivity contribution in [3.8, 4) is 0 Å². The number of rotatable bonds is 4. The third kappa shape index (κ3) is 3.63. The number of hydrogen-bond donors (Lipinski definition) is 2. The van der Waals surface area contributed by atoms with E-state index in [1.54, 1.807) is 0 Å². The summed E-state index contributed by atoms with van der Waals surface area (Å²) < 4.78 is 0. The van der Waals surface area contributed by atoms with E-state index in [4.69, 9.17) is 11.6 Å². The van der Waals surface area contributed by atoms with Gasteiger partial charge in [-0.2, -0.15) is 0 Å². The fraction of sp³-hybridized carbons (Fsp3) is 0.750. The highest BCUT2D eigenvalue weighted by Gasteiger charge is 2.22. The minimum Gasteiger partial charge on any atom is -0.354 e. The van der Waals surface area contributed by atoms with Crippen LogP contribution in [0.1, 0.15) is 19.3 Å². The van der Waals surface area contributed by atoms with E-state index in [9.17, 15) is 9.59 Å². The Morgan fingerprint density at radius 3 is 3.00 bits per heavy atom. The van der Waals surface area contributed by atoms with Crippen LogP contribution in [-0.2, 0) is 9.59 Å². The fourth-order valence-corrected chi connectivity index (χ4v) is 1.37. The molecule has 1 aliphatic heterocycles. The van der Waals surface area contributed by atoms with Crippen LogP contribution < -0.4 is 10.6 Å². The molecule has 1 atom stereocenters. The molecule has 1 saturated heterocycles. The molecule has 2 amide bonds. The molecular formula is C8H13ClN2O2. The lowest BCUT2D eigenvalue weighted by Crippen LogP contribution is -2.36. The summed E-state index contributed by atoms with van der Waals surface area (Å²) in [5.41, 5.74) is 0.